The van der Waals surface area contributed by atoms with E-state index in [-0.39, 0.29) is 0 Å². The van der Waals surface area contributed by atoms with Crippen LogP contribution >= 0.6 is 0 Å². The highest BCUT2D eigenvalue weighted by molar-refractivity contribution is 5.13. The van der Waals surface area contributed by atoms with Crippen LogP contribution in [0.15, 0.2) is 6.07 Å². The molecule has 1 aromatic rings. The molecule has 2 heterocycles. The summed E-state index contributed by atoms with van der Waals surface area (Å²) < 4.78 is 7.53. The summed E-state index contributed by atoms with van der Waals surface area (Å²) in [7, 11) is 0. The Hall–Kier alpha value is -0.870. The second-order valence-electron chi connectivity index (χ2n) is 5.31. The second-order valence-corrected chi connectivity index (χ2v) is 5.31. The fourth-order valence-corrected chi connectivity index (χ4v) is 2.74. The van der Waals surface area contributed by atoms with Crippen LogP contribution in [0.2, 0.25) is 0 Å². The Kier molecular flexibility index (Phi) is 5.40. The molecule has 1 fully saturated rings. The lowest BCUT2D eigenvalue weighted by molar-refractivity contribution is 0.0932. The summed E-state index contributed by atoms with van der Waals surface area (Å²) in [5.41, 5.74) is 2.03. The van der Waals surface area contributed by atoms with Crippen molar-refractivity contribution in [2.45, 2.75) is 71.1 Å². The zero-order chi connectivity index (χ0) is 13.7. The molecule has 2 unspecified atom stereocenters. The Morgan fingerprint density at radius 1 is 1.53 bits per heavy atom. The first-order valence-electron chi connectivity index (χ1n) is 7.60. The maximum atomic E-state index is 10.3. The van der Waals surface area contributed by atoms with Gasteiger partial charge in [-0.3, -0.25) is 4.68 Å². The molecule has 1 aliphatic rings. The predicted molar refractivity (Wildman–Crippen MR) is 75.1 cm³/mol. The van der Waals surface area contributed by atoms with Gasteiger partial charge < -0.3 is 9.84 Å². The molecule has 108 valence electrons. The SMILES string of the molecule is CCc1cc(C(O)CCCC2CCCO2)n(CC)n1. The van der Waals surface area contributed by atoms with Crippen LogP contribution in [0.3, 0.4) is 0 Å². The monoisotopic (exact) mass is 266 g/mol. The average Bonchev–Trinajstić information content (AvgIpc) is 3.07. The van der Waals surface area contributed by atoms with Gasteiger partial charge in [0.15, 0.2) is 0 Å². The first-order valence-corrected chi connectivity index (χ1v) is 7.60. The first kappa shape index (κ1) is 14.5. The van der Waals surface area contributed by atoms with E-state index in [1.807, 2.05) is 10.7 Å². The van der Waals surface area contributed by atoms with Crippen LogP contribution < -0.4 is 0 Å². The quantitative estimate of drug-likeness (QED) is 0.825. The molecule has 1 aliphatic heterocycles. The number of aromatic nitrogens is 2. The molecule has 0 aliphatic carbocycles. The van der Waals surface area contributed by atoms with Gasteiger partial charge in [-0.05, 0) is 51.5 Å². The van der Waals surface area contributed by atoms with Crippen molar-refractivity contribution in [3.63, 3.8) is 0 Å². The van der Waals surface area contributed by atoms with Gasteiger partial charge in [-0.25, -0.2) is 0 Å². The third kappa shape index (κ3) is 3.80. The number of hydrogen-bond donors (Lipinski definition) is 1. The summed E-state index contributed by atoms with van der Waals surface area (Å²) in [6, 6.07) is 2.04. The Morgan fingerprint density at radius 3 is 3.00 bits per heavy atom. The summed E-state index contributed by atoms with van der Waals surface area (Å²) in [5, 5.41) is 14.8. The Balaban J connectivity index is 1.84. The van der Waals surface area contributed by atoms with Gasteiger partial charge in [-0.1, -0.05) is 6.92 Å². The highest BCUT2D eigenvalue weighted by Gasteiger charge is 2.18. The molecule has 2 rings (SSSR count). The van der Waals surface area contributed by atoms with Gasteiger partial charge in [-0.2, -0.15) is 5.10 Å². The largest absolute Gasteiger partial charge is 0.387 e. The third-order valence-electron chi connectivity index (χ3n) is 3.89. The Bertz CT molecular complexity index is 383. The van der Waals surface area contributed by atoms with Crippen LogP contribution in [-0.4, -0.2) is 27.6 Å². The fraction of sp³-hybridized carbons (Fsp3) is 0.800. The normalized spacial score (nSPS) is 20.9. The van der Waals surface area contributed by atoms with E-state index < -0.39 is 6.10 Å². The van der Waals surface area contributed by atoms with E-state index in [0.717, 1.165) is 50.2 Å². The zero-order valence-electron chi connectivity index (χ0n) is 12.1. The van der Waals surface area contributed by atoms with Crippen molar-refractivity contribution in [2.24, 2.45) is 0 Å². The van der Waals surface area contributed by atoms with E-state index in [2.05, 4.69) is 18.9 Å². The summed E-state index contributed by atoms with van der Waals surface area (Å²) in [6.07, 6.45) is 6.21. The van der Waals surface area contributed by atoms with E-state index in [9.17, 15) is 5.11 Å². The summed E-state index contributed by atoms with van der Waals surface area (Å²) in [6.45, 7) is 5.89. The first-order chi connectivity index (χ1) is 9.24. The van der Waals surface area contributed by atoms with Gasteiger partial charge in [0.2, 0.25) is 0 Å². The highest BCUT2D eigenvalue weighted by Crippen LogP contribution is 2.24. The van der Waals surface area contributed by atoms with Crippen LogP contribution in [0, 0.1) is 0 Å². The van der Waals surface area contributed by atoms with Gasteiger partial charge in [0.05, 0.1) is 23.6 Å². The van der Waals surface area contributed by atoms with E-state index >= 15 is 0 Å². The van der Waals surface area contributed by atoms with Crippen LogP contribution in [0.5, 0.6) is 0 Å². The van der Waals surface area contributed by atoms with Crippen molar-refractivity contribution in [2.75, 3.05) is 6.61 Å². The highest BCUT2D eigenvalue weighted by atomic mass is 16.5. The smallest absolute Gasteiger partial charge is 0.0956 e. The Morgan fingerprint density at radius 2 is 2.37 bits per heavy atom. The molecule has 0 amide bonds. The van der Waals surface area contributed by atoms with Gasteiger partial charge in [0, 0.05) is 13.2 Å². The Labute approximate surface area is 115 Å². The molecular formula is C15H26N2O2. The lowest BCUT2D eigenvalue weighted by Gasteiger charge is -2.14. The molecule has 19 heavy (non-hydrogen) atoms. The van der Waals surface area contributed by atoms with Crippen molar-refractivity contribution in [1.29, 1.82) is 0 Å². The molecular weight excluding hydrogens is 240 g/mol. The molecule has 4 nitrogen and oxygen atoms in total. The van der Waals surface area contributed by atoms with Crippen LogP contribution in [-0.2, 0) is 17.7 Å². The molecule has 1 saturated heterocycles. The van der Waals surface area contributed by atoms with Gasteiger partial charge in [-0.15, -0.1) is 0 Å². The maximum absolute atomic E-state index is 10.3. The van der Waals surface area contributed by atoms with Gasteiger partial charge >= 0.3 is 0 Å². The average molecular weight is 266 g/mol. The van der Waals surface area contributed by atoms with Crippen LogP contribution in [0.25, 0.3) is 0 Å². The molecule has 0 spiro atoms. The number of aliphatic hydroxyl groups excluding tert-OH is 1. The minimum absolute atomic E-state index is 0.394. The van der Waals surface area contributed by atoms with Crippen molar-refractivity contribution in [1.82, 2.24) is 9.78 Å². The number of aliphatic hydroxyl groups is 1. The van der Waals surface area contributed by atoms with Crippen LogP contribution in [0.1, 0.15) is 63.4 Å². The fourth-order valence-electron chi connectivity index (χ4n) is 2.74. The number of aryl methyl sites for hydroxylation is 2. The molecule has 0 bridgehead atoms. The lowest BCUT2D eigenvalue weighted by atomic mass is 10.0. The van der Waals surface area contributed by atoms with Crippen molar-refractivity contribution < 1.29 is 9.84 Å². The van der Waals surface area contributed by atoms with Crippen molar-refractivity contribution >= 4 is 0 Å². The third-order valence-corrected chi connectivity index (χ3v) is 3.89. The maximum Gasteiger partial charge on any atom is 0.0956 e. The molecule has 1 aromatic heterocycles. The lowest BCUT2D eigenvalue weighted by Crippen LogP contribution is -2.10. The summed E-state index contributed by atoms with van der Waals surface area (Å²) >= 11 is 0. The van der Waals surface area contributed by atoms with Gasteiger partial charge in [0.25, 0.3) is 0 Å². The zero-order valence-corrected chi connectivity index (χ0v) is 12.1. The molecule has 0 aromatic carbocycles. The molecule has 1 N–H and O–H groups in total. The van der Waals surface area contributed by atoms with E-state index in [1.54, 1.807) is 0 Å². The van der Waals surface area contributed by atoms with Gasteiger partial charge in [0.1, 0.15) is 0 Å². The summed E-state index contributed by atoms with van der Waals surface area (Å²) in [4.78, 5) is 0. The molecule has 4 heteroatoms. The topological polar surface area (TPSA) is 47.3 Å². The number of rotatable bonds is 7. The molecule has 0 radical (unpaired) electrons. The second kappa shape index (κ2) is 7.06. The number of hydrogen-bond acceptors (Lipinski definition) is 3. The summed E-state index contributed by atoms with van der Waals surface area (Å²) in [5.74, 6) is 0. The predicted octanol–water partition coefficient (Wildman–Crippen LogP) is 2.85. The van der Waals surface area contributed by atoms with Crippen LogP contribution in [0.4, 0.5) is 0 Å². The standard InChI is InChI=1S/C15H26N2O2/c1-3-12-11-14(17(4-2)16-12)15(18)9-5-7-13-8-6-10-19-13/h11,13,15,18H,3-10H2,1-2H3. The van der Waals surface area contributed by atoms with E-state index in [4.69, 9.17) is 4.74 Å². The van der Waals surface area contributed by atoms with E-state index in [1.165, 1.54) is 12.8 Å². The van der Waals surface area contributed by atoms with Crippen molar-refractivity contribution in [3.05, 3.63) is 17.5 Å². The molecule has 0 saturated carbocycles. The minimum Gasteiger partial charge on any atom is -0.387 e. The minimum atomic E-state index is -0.394. The number of ether oxygens (including phenoxy) is 1. The van der Waals surface area contributed by atoms with Crippen molar-refractivity contribution in [3.8, 4) is 0 Å². The molecule has 2 atom stereocenters. The van der Waals surface area contributed by atoms with E-state index in [0.29, 0.717) is 6.10 Å². The number of nitrogens with zero attached hydrogens (tertiary/aromatic N) is 2.